The van der Waals surface area contributed by atoms with E-state index in [1.807, 2.05) is 24.3 Å². The summed E-state index contributed by atoms with van der Waals surface area (Å²) >= 11 is 3.41. The number of nitrogens with two attached hydrogens (primary N) is 1. The first-order valence-corrected chi connectivity index (χ1v) is 8.55. The maximum atomic E-state index is 12.4. The smallest absolute Gasteiger partial charge is 0.316 e. The van der Waals surface area contributed by atoms with Gasteiger partial charge in [0, 0.05) is 21.8 Å². The number of rotatable bonds is 5. The predicted octanol–water partition coefficient (Wildman–Crippen LogP) is 3.44. The molecule has 0 aliphatic rings. The molecular weight excluding hydrogens is 398 g/mol. The lowest BCUT2D eigenvalue weighted by Crippen LogP contribution is -2.19. The zero-order valence-electron chi connectivity index (χ0n) is 13.6. The zero-order chi connectivity index (χ0) is 18.5. The second-order valence-corrected chi connectivity index (χ2v) is 6.44. The maximum absolute atomic E-state index is 12.4. The van der Waals surface area contributed by atoms with E-state index in [-0.39, 0.29) is 5.91 Å². The lowest BCUT2D eigenvalue weighted by atomic mass is 10.2. The summed E-state index contributed by atoms with van der Waals surface area (Å²) in [4.78, 5) is 23.2. The zero-order valence-corrected chi connectivity index (χ0v) is 15.2. The number of benzene rings is 2. The second kappa shape index (κ2) is 7.83. The van der Waals surface area contributed by atoms with Crippen molar-refractivity contribution in [3.05, 3.63) is 76.4 Å². The molecule has 0 unspecified atom stereocenters. The number of urea groups is 1. The molecule has 0 bridgehead atoms. The highest BCUT2D eigenvalue weighted by Crippen LogP contribution is 2.15. The van der Waals surface area contributed by atoms with E-state index in [1.54, 1.807) is 41.2 Å². The van der Waals surface area contributed by atoms with Crippen LogP contribution < -0.4 is 16.4 Å². The van der Waals surface area contributed by atoms with Crippen LogP contribution in [-0.4, -0.2) is 21.7 Å². The van der Waals surface area contributed by atoms with E-state index in [2.05, 4.69) is 31.7 Å². The predicted molar refractivity (Wildman–Crippen MR) is 103 cm³/mol. The Morgan fingerprint density at radius 3 is 2.35 bits per heavy atom. The van der Waals surface area contributed by atoms with Crippen LogP contribution >= 0.6 is 15.9 Å². The van der Waals surface area contributed by atoms with Crippen molar-refractivity contribution in [2.24, 2.45) is 5.73 Å². The average Bonchev–Trinajstić information content (AvgIpc) is 3.04. The Morgan fingerprint density at radius 2 is 1.69 bits per heavy atom. The van der Waals surface area contributed by atoms with Crippen LogP contribution in [0.25, 0.3) is 0 Å². The Hall–Kier alpha value is -3.13. The maximum Gasteiger partial charge on any atom is 0.316 e. The number of amides is 3. The van der Waals surface area contributed by atoms with Crippen molar-refractivity contribution in [3.63, 3.8) is 0 Å². The van der Waals surface area contributed by atoms with E-state index < -0.39 is 6.03 Å². The van der Waals surface area contributed by atoms with Crippen LogP contribution in [0, 0.1) is 0 Å². The number of halogens is 1. The van der Waals surface area contributed by atoms with E-state index in [1.165, 1.54) is 0 Å². The number of carbonyl (C=O) groups is 2. The fourth-order valence-electron chi connectivity index (χ4n) is 2.36. The van der Waals surface area contributed by atoms with Gasteiger partial charge in [-0.2, -0.15) is 5.10 Å². The van der Waals surface area contributed by atoms with Gasteiger partial charge in [-0.3, -0.25) is 4.79 Å². The molecular formula is C18H16BrN5O2. The van der Waals surface area contributed by atoms with Crippen LogP contribution in [0.5, 0.6) is 0 Å². The Kier molecular flexibility index (Phi) is 5.33. The first-order chi connectivity index (χ1) is 12.5. The van der Waals surface area contributed by atoms with Gasteiger partial charge in [0.1, 0.15) is 5.82 Å². The fourth-order valence-corrected chi connectivity index (χ4v) is 2.63. The molecule has 0 saturated heterocycles. The summed E-state index contributed by atoms with van der Waals surface area (Å²) in [6.07, 6.45) is 1.63. The van der Waals surface area contributed by atoms with Crippen LogP contribution in [0.2, 0.25) is 0 Å². The minimum absolute atomic E-state index is 0.270. The lowest BCUT2D eigenvalue weighted by molar-refractivity contribution is 0.102. The average molecular weight is 414 g/mol. The molecule has 4 N–H and O–H groups in total. The summed E-state index contributed by atoms with van der Waals surface area (Å²) in [6.45, 7) is 0.539. The molecule has 0 aliphatic heterocycles. The van der Waals surface area contributed by atoms with Gasteiger partial charge < -0.3 is 16.4 Å². The van der Waals surface area contributed by atoms with E-state index in [4.69, 9.17) is 5.73 Å². The van der Waals surface area contributed by atoms with Crippen molar-refractivity contribution in [2.45, 2.75) is 6.54 Å². The van der Waals surface area contributed by atoms with Gasteiger partial charge in [-0.15, -0.1) is 0 Å². The largest absolute Gasteiger partial charge is 0.351 e. The number of hydrogen-bond acceptors (Lipinski definition) is 3. The fraction of sp³-hybridized carbons (Fsp3) is 0.0556. The van der Waals surface area contributed by atoms with E-state index >= 15 is 0 Å². The van der Waals surface area contributed by atoms with Crippen molar-refractivity contribution >= 4 is 39.4 Å². The SMILES string of the molecule is NC(=O)Nc1ccc(C(=O)Nc2ccnn2Cc2ccc(Br)cc2)cc1. The highest BCUT2D eigenvalue weighted by molar-refractivity contribution is 9.10. The minimum atomic E-state index is -0.654. The first kappa shape index (κ1) is 17.7. The summed E-state index contributed by atoms with van der Waals surface area (Å²) in [5.41, 5.74) is 7.10. The molecule has 2 aromatic carbocycles. The van der Waals surface area contributed by atoms with Crippen LogP contribution in [0.15, 0.2) is 65.3 Å². The third kappa shape index (κ3) is 4.48. The summed E-state index contributed by atoms with van der Waals surface area (Å²) < 4.78 is 2.72. The first-order valence-electron chi connectivity index (χ1n) is 7.75. The Balaban J connectivity index is 1.69. The van der Waals surface area contributed by atoms with Gasteiger partial charge in [0.25, 0.3) is 5.91 Å². The van der Waals surface area contributed by atoms with Crippen molar-refractivity contribution in [1.82, 2.24) is 9.78 Å². The third-order valence-electron chi connectivity index (χ3n) is 3.62. The summed E-state index contributed by atoms with van der Waals surface area (Å²) in [5, 5.41) is 9.54. The van der Waals surface area contributed by atoms with Crippen molar-refractivity contribution in [3.8, 4) is 0 Å². The van der Waals surface area contributed by atoms with Crippen molar-refractivity contribution < 1.29 is 9.59 Å². The number of primary amides is 1. The monoisotopic (exact) mass is 413 g/mol. The number of anilines is 2. The number of carbonyl (C=O) groups excluding carboxylic acids is 2. The molecule has 132 valence electrons. The molecule has 0 spiro atoms. The van der Waals surface area contributed by atoms with Crippen LogP contribution in [-0.2, 0) is 6.54 Å². The molecule has 3 rings (SSSR count). The van der Waals surface area contributed by atoms with Gasteiger partial charge in [-0.25, -0.2) is 9.48 Å². The highest BCUT2D eigenvalue weighted by atomic mass is 79.9. The Labute approximate surface area is 158 Å². The van der Waals surface area contributed by atoms with E-state index in [0.29, 0.717) is 23.6 Å². The Morgan fingerprint density at radius 1 is 1.00 bits per heavy atom. The number of hydrogen-bond donors (Lipinski definition) is 3. The van der Waals surface area contributed by atoms with Crippen LogP contribution in [0.3, 0.4) is 0 Å². The van der Waals surface area contributed by atoms with Gasteiger partial charge in [0.05, 0.1) is 12.7 Å². The summed E-state index contributed by atoms with van der Waals surface area (Å²) in [7, 11) is 0. The lowest BCUT2D eigenvalue weighted by Gasteiger charge is -2.10. The number of nitrogens with one attached hydrogen (secondary N) is 2. The van der Waals surface area contributed by atoms with E-state index in [0.717, 1.165) is 10.0 Å². The van der Waals surface area contributed by atoms with Crippen LogP contribution in [0.1, 0.15) is 15.9 Å². The molecule has 0 saturated carbocycles. The summed E-state index contributed by atoms with van der Waals surface area (Å²) in [5.74, 6) is 0.324. The molecule has 1 aromatic heterocycles. The van der Waals surface area contributed by atoms with Gasteiger partial charge in [-0.05, 0) is 42.0 Å². The van der Waals surface area contributed by atoms with Gasteiger partial charge in [-0.1, -0.05) is 28.1 Å². The van der Waals surface area contributed by atoms with Gasteiger partial charge in [0.15, 0.2) is 0 Å². The summed E-state index contributed by atoms with van der Waals surface area (Å²) in [6, 6.07) is 15.4. The topological polar surface area (TPSA) is 102 Å². The molecule has 0 radical (unpaired) electrons. The number of aromatic nitrogens is 2. The molecule has 0 aliphatic carbocycles. The molecule has 26 heavy (non-hydrogen) atoms. The van der Waals surface area contributed by atoms with Crippen LogP contribution in [0.4, 0.5) is 16.3 Å². The molecule has 0 fully saturated rings. The highest BCUT2D eigenvalue weighted by Gasteiger charge is 2.10. The standard InChI is InChI=1S/C18H16BrN5O2/c19-14-5-1-12(2-6-14)11-24-16(9-10-21-24)23-17(25)13-3-7-15(8-4-13)22-18(20)26/h1-10H,11H2,(H,23,25)(H3,20,22,26). The van der Waals surface area contributed by atoms with E-state index in [9.17, 15) is 9.59 Å². The molecule has 1 heterocycles. The van der Waals surface area contributed by atoms with Crippen molar-refractivity contribution in [2.75, 3.05) is 10.6 Å². The van der Waals surface area contributed by atoms with Gasteiger partial charge in [0.2, 0.25) is 0 Å². The second-order valence-electron chi connectivity index (χ2n) is 5.52. The number of nitrogens with zero attached hydrogens (tertiary/aromatic N) is 2. The Bertz CT molecular complexity index is 920. The molecule has 3 aromatic rings. The molecule has 3 amide bonds. The normalized spacial score (nSPS) is 10.3. The quantitative estimate of drug-likeness (QED) is 0.596. The minimum Gasteiger partial charge on any atom is -0.351 e. The molecule has 7 nitrogen and oxygen atoms in total. The van der Waals surface area contributed by atoms with Crippen molar-refractivity contribution in [1.29, 1.82) is 0 Å². The molecule has 0 atom stereocenters. The molecule has 8 heteroatoms. The third-order valence-corrected chi connectivity index (χ3v) is 4.15. The van der Waals surface area contributed by atoms with Gasteiger partial charge >= 0.3 is 6.03 Å².